The summed E-state index contributed by atoms with van der Waals surface area (Å²) in [5.41, 5.74) is -1.31. The first-order valence-electron chi connectivity index (χ1n) is 4.71. The van der Waals surface area contributed by atoms with Gasteiger partial charge in [-0.25, -0.2) is 8.78 Å². The molecule has 1 heterocycles. The highest BCUT2D eigenvalue weighted by Gasteiger charge is 2.52. The Morgan fingerprint density at radius 3 is 2.60 bits per heavy atom. The zero-order valence-corrected chi connectivity index (χ0v) is 8.22. The number of furan rings is 1. The third kappa shape index (κ3) is 1.86. The fourth-order valence-electron chi connectivity index (χ4n) is 1.38. The number of aryl methyl sites for hydroxylation is 1. The molecular formula is C10H11F2NO2. The number of rotatable bonds is 3. The third-order valence-electron chi connectivity index (χ3n) is 2.53. The summed E-state index contributed by atoms with van der Waals surface area (Å²) in [6.45, 7) is 1.69. The summed E-state index contributed by atoms with van der Waals surface area (Å²) in [5.74, 6) is 0.0994. The Bertz CT molecular complexity index is 383. The van der Waals surface area contributed by atoms with Gasteiger partial charge in [0.05, 0.1) is 0 Å². The highest BCUT2D eigenvalue weighted by atomic mass is 19.3. The van der Waals surface area contributed by atoms with E-state index in [1.165, 1.54) is 6.07 Å². The molecule has 0 radical (unpaired) electrons. The number of alkyl halides is 2. The maximum absolute atomic E-state index is 12.5. The largest absolute Gasteiger partial charge is 0.456 e. The van der Waals surface area contributed by atoms with Crippen LogP contribution in [0.4, 0.5) is 8.78 Å². The van der Waals surface area contributed by atoms with Gasteiger partial charge in [-0.1, -0.05) is 0 Å². The molecule has 0 aliphatic heterocycles. The Kier molecular flexibility index (Phi) is 2.25. The molecule has 1 aromatic heterocycles. The average Bonchev–Trinajstić information content (AvgIpc) is 2.82. The van der Waals surface area contributed by atoms with E-state index in [-0.39, 0.29) is 5.76 Å². The summed E-state index contributed by atoms with van der Waals surface area (Å²) < 4.78 is 30.1. The quantitative estimate of drug-likeness (QED) is 0.839. The normalized spacial score (nSPS) is 17.9. The molecule has 0 aromatic carbocycles. The van der Waals surface area contributed by atoms with E-state index in [2.05, 4.69) is 5.32 Å². The molecule has 0 saturated heterocycles. The van der Waals surface area contributed by atoms with Gasteiger partial charge in [0.2, 0.25) is 0 Å². The van der Waals surface area contributed by atoms with Crippen molar-refractivity contribution in [1.82, 2.24) is 5.32 Å². The summed E-state index contributed by atoms with van der Waals surface area (Å²) in [6, 6.07) is 3.10. The predicted molar refractivity (Wildman–Crippen MR) is 48.9 cm³/mol. The van der Waals surface area contributed by atoms with E-state index in [1.54, 1.807) is 13.0 Å². The molecule has 2 rings (SSSR count). The molecule has 0 spiro atoms. The van der Waals surface area contributed by atoms with Crippen molar-refractivity contribution in [1.29, 1.82) is 0 Å². The average molecular weight is 215 g/mol. The summed E-state index contributed by atoms with van der Waals surface area (Å²) >= 11 is 0. The van der Waals surface area contributed by atoms with Crippen LogP contribution in [0.5, 0.6) is 0 Å². The second kappa shape index (κ2) is 3.32. The van der Waals surface area contributed by atoms with Crippen LogP contribution >= 0.6 is 0 Å². The molecule has 1 aliphatic rings. The van der Waals surface area contributed by atoms with Crippen LogP contribution in [-0.2, 0) is 0 Å². The zero-order valence-electron chi connectivity index (χ0n) is 8.22. The first kappa shape index (κ1) is 10.1. The minimum atomic E-state index is -2.52. The Labute approximate surface area is 85.5 Å². The van der Waals surface area contributed by atoms with Crippen LogP contribution in [0.3, 0.4) is 0 Å². The van der Waals surface area contributed by atoms with Crippen LogP contribution < -0.4 is 5.32 Å². The number of hydrogen-bond donors (Lipinski definition) is 1. The zero-order chi connectivity index (χ0) is 11.1. The van der Waals surface area contributed by atoms with Gasteiger partial charge in [-0.2, -0.15) is 0 Å². The van der Waals surface area contributed by atoms with Crippen LogP contribution in [0.25, 0.3) is 0 Å². The Morgan fingerprint density at radius 2 is 2.20 bits per heavy atom. The summed E-state index contributed by atoms with van der Waals surface area (Å²) in [7, 11) is 0. The number of amides is 1. The van der Waals surface area contributed by atoms with Crippen LogP contribution in [0.15, 0.2) is 16.5 Å². The van der Waals surface area contributed by atoms with Crippen molar-refractivity contribution in [2.75, 3.05) is 0 Å². The van der Waals surface area contributed by atoms with Crippen LogP contribution in [0.1, 0.15) is 29.2 Å². The number of carbonyl (C=O) groups excluding carboxylic acids is 1. The molecule has 82 valence electrons. The molecule has 3 nitrogen and oxygen atoms in total. The van der Waals surface area contributed by atoms with E-state index >= 15 is 0 Å². The number of carbonyl (C=O) groups is 1. The Morgan fingerprint density at radius 1 is 1.53 bits per heavy atom. The molecule has 0 bridgehead atoms. The molecule has 1 amide bonds. The van der Waals surface area contributed by atoms with Crippen LogP contribution in [-0.4, -0.2) is 17.9 Å². The molecule has 15 heavy (non-hydrogen) atoms. The summed E-state index contributed by atoms with van der Waals surface area (Å²) in [5, 5.41) is 2.31. The molecule has 1 fully saturated rings. The third-order valence-corrected chi connectivity index (χ3v) is 2.53. The predicted octanol–water partition coefficient (Wildman–Crippen LogP) is 2.12. The lowest BCUT2D eigenvalue weighted by molar-refractivity contribution is 0.0661. The SMILES string of the molecule is Cc1ccc(C(=O)NC2(C(F)F)CC2)o1. The second-order valence-electron chi connectivity index (χ2n) is 3.82. The van der Waals surface area contributed by atoms with Crippen LogP contribution in [0.2, 0.25) is 0 Å². The second-order valence-corrected chi connectivity index (χ2v) is 3.82. The van der Waals surface area contributed by atoms with Crippen molar-refractivity contribution in [2.24, 2.45) is 0 Å². The fraction of sp³-hybridized carbons (Fsp3) is 0.500. The molecule has 1 aromatic rings. The smallest absolute Gasteiger partial charge is 0.287 e. The minimum Gasteiger partial charge on any atom is -0.456 e. The van der Waals surface area contributed by atoms with Gasteiger partial charge >= 0.3 is 0 Å². The molecular weight excluding hydrogens is 204 g/mol. The number of nitrogens with one attached hydrogen (secondary N) is 1. The standard InChI is InChI=1S/C10H11F2NO2/c1-6-2-3-7(15-6)8(14)13-10(4-5-10)9(11)12/h2-3,9H,4-5H2,1H3,(H,13,14). The van der Waals surface area contributed by atoms with E-state index in [1.807, 2.05) is 0 Å². The first-order valence-corrected chi connectivity index (χ1v) is 4.71. The van der Waals surface area contributed by atoms with Crippen molar-refractivity contribution >= 4 is 5.91 Å². The number of hydrogen-bond acceptors (Lipinski definition) is 2. The van der Waals surface area contributed by atoms with Crippen molar-refractivity contribution in [3.05, 3.63) is 23.7 Å². The van der Waals surface area contributed by atoms with Gasteiger partial charge in [-0.05, 0) is 31.9 Å². The van der Waals surface area contributed by atoms with Gasteiger partial charge in [0.1, 0.15) is 11.3 Å². The highest BCUT2D eigenvalue weighted by molar-refractivity contribution is 5.92. The van der Waals surface area contributed by atoms with E-state index in [0.29, 0.717) is 18.6 Å². The van der Waals surface area contributed by atoms with Gasteiger partial charge < -0.3 is 9.73 Å². The van der Waals surface area contributed by atoms with Crippen molar-refractivity contribution in [2.45, 2.75) is 31.7 Å². The first-order chi connectivity index (χ1) is 7.03. The molecule has 0 unspecified atom stereocenters. The van der Waals surface area contributed by atoms with E-state index in [9.17, 15) is 13.6 Å². The van der Waals surface area contributed by atoms with E-state index in [4.69, 9.17) is 4.42 Å². The van der Waals surface area contributed by atoms with Crippen LogP contribution in [0, 0.1) is 6.92 Å². The lowest BCUT2D eigenvalue weighted by Crippen LogP contribution is -2.42. The van der Waals surface area contributed by atoms with Gasteiger partial charge in [-0.15, -0.1) is 0 Å². The minimum absolute atomic E-state index is 0.0828. The van der Waals surface area contributed by atoms with Gasteiger partial charge in [0.25, 0.3) is 12.3 Å². The van der Waals surface area contributed by atoms with Crippen molar-refractivity contribution < 1.29 is 18.0 Å². The lowest BCUT2D eigenvalue weighted by Gasteiger charge is -2.14. The number of halogens is 2. The molecule has 0 atom stereocenters. The molecule has 1 aliphatic carbocycles. The van der Waals surface area contributed by atoms with Crippen molar-refractivity contribution in [3.8, 4) is 0 Å². The summed E-state index contributed by atoms with van der Waals surface area (Å²) in [6.07, 6.45) is -1.86. The van der Waals surface area contributed by atoms with Gasteiger partial charge in [-0.3, -0.25) is 4.79 Å². The fourth-order valence-corrected chi connectivity index (χ4v) is 1.38. The topological polar surface area (TPSA) is 42.2 Å². The Balaban J connectivity index is 2.04. The van der Waals surface area contributed by atoms with Gasteiger partial charge in [0, 0.05) is 0 Å². The van der Waals surface area contributed by atoms with E-state index in [0.717, 1.165) is 0 Å². The molecule has 5 heteroatoms. The molecule has 1 saturated carbocycles. The summed E-state index contributed by atoms with van der Waals surface area (Å²) in [4.78, 5) is 11.5. The monoisotopic (exact) mass is 215 g/mol. The lowest BCUT2D eigenvalue weighted by atomic mass is 10.2. The maximum atomic E-state index is 12.5. The Hall–Kier alpha value is -1.39. The van der Waals surface area contributed by atoms with Gasteiger partial charge in [0.15, 0.2) is 5.76 Å². The maximum Gasteiger partial charge on any atom is 0.287 e. The molecule has 1 N–H and O–H groups in total. The highest BCUT2D eigenvalue weighted by Crippen LogP contribution is 2.41. The van der Waals surface area contributed by atoms with E-state index < -0.39 is 17.9 Å². The van der Waals surface area contributed by atoms with Crippen molar-refractivity contribution in [3.63, 3.8) is 0 Å².